The first-order chi connectivity index (χ1) is 8.33. The summed E-state index contributed by atoms with van der Waals surface area (Å²) in [5.74, 6) is -0.734. The summed E-state index contributed by atoms with van der Waals surface area (Å²) in [5, 5.41) is 9.97. The molecule has 2 N–H and O–H groups in total. The zero-order valence-electron chi connectivity index (χ0n) is 9.58. The van der Waals surface area contributed by atoms with Gasteiger partial charge in [0, 0.05) is 34.7 Å². The molecule has 9 heteroatoms. The Morgan fingerprint density at radius 1 is 1.56 bits per heavy atom. The Bertz CT molecular complexity index is 548. The highest BCUT2D eigenvalue weighted by Gasteiger charge is 2.18. The number of thiophene rings is 1. The Labute approximate surface area is 112 Å². The lowest BCUT2D eigenvalue weighted by Crippen LogP contribution is -2.25. The molecule has 0 bridgehead atoms. The molecule has 102 valence electrons. The highest BCUT2D eigenvalue weighted by atomic mass is 32.2. The molecule has 0 radical (unpaired) electrons. The van der Waals surface area contributed by atoms with Crippen LogP contribution in [0.2, 0.25) is 0 Å². The van der Waals surface area contributed by atoms with Crippen LogP contribution in [0.4, 0.5) is 0 Å². The van der Waals surface area contributed by atoms with Crippen LogP contribution in [0.3, 0.4) is 0 Å². The fraction of sp³-hybridized carbons (Fsp3) is 0.444. The Hall–Kier alpha value is -0.770. The maximum Gasteiger partial charge on any atom is 0.336 e. The van der Waals surface area contributed by atoms with Crippen LogP contribution in [0.25, 0.3) is 0 Å². The van der Waals surface area contributed by atoms with Crippen LogP contribution >= 0.6 is 11.3 Å². The highest BCUT2D eigenvalue weighted by Crippen LogP contribution is 2.19. The fourth-order valence-corrected chi connectivity index (χ4v) is 3.95. The zero-order valence-corrected chi connectivity index (χ0v) is 12.0. The van der Waals surface area contributed by atoms with Crippen molar-refractivity contribution >= 4 is 38.1 Å². The molecule has 0 aliphatic carbocycles. The Kier molecular flexibility index (Phi) is 5.45. The standard InChI is InChI=1S/C9H13NO5S3/c1-17(13)4-2-3-10-18(14,15)8-5-7(6-16-8)9(11)12/h5-6,10H,2-4H2,1H3,(H,11,12). The van der Waals surface area contributed by atoms with Gasteiger partial charge in [0.25, 0.3) is 0 Å². The van der Waals surface area contributed by atoms with E-state index in [9.17, 15) is 17.4 Å². The van der Waals surface area contributed by atoms with Gasteiger partial charge in [-0.1, -0.05) is 0 Å². The third-order valence-electron chi connectivity index (χ3n) is 1.99. The lowest BCUT2D eigenvalue weighted by atomic mass is 10.4. The van der Waals surface area contributed by atoms with Gasteiger partial charge in [-0.2, -0.15) is 0 Å². The minimum absolute atomic E-state index is 0.0301. The predicted octanol–water partition coefficient (Wildman–Crippen LogP) is 0.493. The molecule has 0 aliphatic heterocycles. The van der Waals surface area contributed by atoms with Crippen LogP contribution in [-0.2, 0) is 20.8 Å². The molecular formula is C9H13NO5S3. The largest absolute Gasteiger partial charge is 0.478 e. The van der Waals surface area contributed by atoms with Crippen LogP contribution in [0, 0.1) is 0 Å². The van der Waals surface area contributed by atoms with Gasteiger partial charge >= 0.3 is 5.97 Å². The van der Waals surface area contributed by atoms with Gasteiger partial charge in [0.1, 0.15) is 4.21 Å². The van der Waals surface area contributed by atoms with Crippen molar-refractivity contribution in [1.82, 2.24) is 4.72 Å². The van der Waals surface area contributed by atoms with Gasteiger partial charge in [0.2, 0.25) is 10.0 Å². The van der Waals surface area contributed by atoms with Gasteiger partial charge in [-0.15, -0.1) is 11.3 Å². The lowest BCUT2D eigenvalue weighted by Gasteiger charge is -2.03. The molecule has 0 saturated heterocycles. The van der Waals surface area contributed by atoms with Crippen LogP contribution in [0.5, 0.6) is 0 Å². The van der Waals surface area contributed by atoms with Crippen molar-refractivity contribution in [2.24, 2.45) is 0 Å². The van der Waals surface area contributed by atoms with E-state index in [1.165, 1.54) is 5.38 Å². The van der Waals surface area contributed by atoms with E-state index in [0.29, 0.717) is 12.2 Å². The van der Waals surface area contributed by atoms with E-state index in [4.69, 9.17) is 5.11 Å². The van der Waals surface area contributed by atoms with E-state index < -0.39 is 26.8 Å². The highest BCUT2D eigenvalue weighted by molar-refractivity contribution is 7.91. The summed E-state index contributed by atoms with van der Waals surface area (Å²) >= 11 is 0.858. The van der Waals surface area contributed by atoms with Crippen molar-refractivity contribution in [1.29, 1.82) is 0 Å². The van der Waals surface area contributed by atoms with Gasteiger partial charge in [0.15, 0.2) is 0 Å². The van der Waals surface area contributed by atoms with Gasteiger partial charge in [-0.05, 0) is 12.5 Å². The SMILES string of the molecule is CS(=O)CCCNS(=O)(=O)c1cc(C(=O)O)cs1. The second-order valence-corrected chi connectivity index (χ2v) is 7.95. The van der Waals surface area contributed by atoms with Gasteiger partial charge in [-0.3, -0.25) is 4.21 Å². The molecule has 0 spiro atoms. The maximum absolute atomic E-state index is 11.7. The average Bonchev–Trinajstić information content (AvgIpc) is 2.74. The molecule has 1 heterocycles. The van der Waals surface area contributed by atoms with Crippen molar-refractivity contribution < 1.29 is 22.5 Å². The molecule has 0 saturated carbocycles. The molecule has 0 fully saturated rings. The van der Waals surface area contributed by atoms with Crippen molar-refractivity contribution in [3.8, 4) is 0 Å². The molecule has 0 aliphatic rings. The summed E-state index contributed by atoms with van der Waals surface area (Å²) in [5.41, 5.74) is -0.0463. The molecule has 0 amide bonds. The van der Waals surface area contributed by atoms with Crippen molar-refractivity contribution in [2.75, 3.05) is 18.6 Å². The number of hydrogen-bond acceptors (Lipinski definition) is 5. The fourth-order valence-electron chi connectivity index (χ4n) is 1.12. The van der Waals surface area contributed by atoms with Gasteiger partial charge < -0.3 is 5.11 Å². The summed E-state index contributed by atoms with van der Waals surface area (Å²) in [6, 6.07) is 1.12. The van der Waals surface area contributed by atoms with Gasteiger partial charge in [-0.25, -0.2) is 17.9 Å². The Morgan fingerprint density at radius 3 is 2.72 bits per heavy atom. The smallest absolute Gasteiger partial charge is 0.336 e. The van der Waals surface area contributed by atoms with Crippen molar-refractivity contribution in [3.05, 3.63) is 17.0 Å². The van der Waals surface area contributed by atoms with E-state index >= 15 is 0 Å². The molecular weight excluding hydrogens is 298 g/mol. The third-order valence-corrected chi connectivity index (χ3v) is 5.75. The molecule has 18 heavy (non-hydrogen) atoms. The van der Waals surface area contributed by atoms with E-state index in [2.05, 4.69) is 4.72 Å². The number of hydrogen-bond donors (Lipinski definition) is 2. The lowest BCUT2D eigenvalue weighted by molar-refractivity contribution is 0.0697. The molecule has 1 aromatic rings. The predicted molar refractivity (Wildman–Crippen MR) is 70.0 cm³/mol. The van der Waals surface area contributed by atoms with Crippen LogP contribution in [0.15, 0.2) is 15.7 Å². The summed E-state index contributed by atoms with van der Waals surface area (Å²) in [7, 11) is -4.62. The Morgan fingerprint density at radius 2 is 2.22 bits per heavy atom. The van der Waals surface area contributed by atoms with Crippen molar-refractivity contribution in [3.63, 3.8) is 0 Å². The first kappa shape index (κ1) is 15.3. The second-order valence-electron chi connectivity index (χ2n) is 3.49. The van der Waals surface area contributed by atoms with Crippen LogP contribution in [-0.4, -0.2) is 42.3 Å². The number of sulfonamides is 1. The molecule has 6 nitrogen and oxygen atoms in total. The number of carboxylic acid groups (broad SMARTS) is 1. The first-order valence-electron chi connectivity index (χ1n) is 4.94. The molecule has 1 unspecified atom stereocenters. The normalized spacial score (nSPS) is 13.4. The molecule has 0 aromatic carbocycles. The summed E-state index contributed by atoms with van der Waals surface area (Å²) in [6.07, 6.45) is 2.02. The Balaban J connectivity index is 2.62. The van der Waals surface area contributed by atoms with Crippen LogP contribution in [0.1, 0.15) is 16.8 Å². The topological polar surface area (TPSA) is 101 Å². The molecule has 1 aromatic heterocycles. The monoisotopic (exact) mass is 311 g/mol. The quantitative estimate of drug-likeness (QED) is 0.714. The number of rotatable bonds is 7. The number of carbonyl (C=O) groups is 1. The first-order valence-corrected chi connectivity index (χ1v) is 9.03. The van der Waals surface area contributed by atoms with Crippen LogP contribution < -0.4 is 4.72 Å². The number of nitrogens with one attached hydrogen (secondary N) is 1. The molecule has 1 atom stereocenters. The third kappa shape index (κ3) is 4.48. The van der Waals surface area contributed by atoms with E-state index in [0.717, 1.165) is 17.4 Å². The van der Waals surface area contributed by atoms with Gasteiger partial charge in [0.05, 0.1) is 5.56 Å². The average molecular weight is 311 g/mol. The minimum Gasteiger partial charge on any atom is -0.478 e. The zero-order chi connectivity index (χ0) is 13.8. The van der Waals surface area contributed by atoms with E-state index in [-0.39, 0.29) is 16.3 Å². The maximum atomic E-state index is 11.7. The van der Waals surface area contributed by atoms with E-state index in [1.54, 1.807) is 6.26 Å². The van der Waals surface area contributed by atoms with E-state index in [1.807, 2.05) is 0 Å². The number of aromatic carboxylic acids is 1. The summed E-state index contributed by atoms with van der Waals surface area (Å²) < 4.78 is 36.6. The number of carboxylic acids is 1. The second kappa shape index (κ2) is 6.41. The summed E-state index contributed by atoms with van der Waals surface area (Å²) in [6.45, 7) is 0.183. The van der Waals surface area contributed by atoms with Crippen molar-refractivity contribution in [2.45, 2.75) is 10.6 Å². The molecule has 1 rings (SSSR count). The summed E-state index contributed by atoms with van der Waals surface area (Å²) in [4.78, 5) is 10.6. The minimum atomic E-state index is -3.66.